The van der Waals surface area contributed by atoms with Gasteiger partial charge >= 0.3 is 6.03 Å². The Labute approximate surface area is 102 Å². The predicted molar refractivity (Wildman–Crippen MR) is 61.5 cm³/mol. The molecular formula is C11H10ClFN2O2. The third-order valence-electron chi connectivity index (χ3n) is 2.58. The molecule has 3 amide bonds. The largest absolute Gasteiger partial charge is 0.328 e. The van der Waals surface area contributed by atoms with Gasteiger partial charge in [0.1, 0.15) is 5.82 Å². The number of anilines is 1. The van der Waals surface area contributed by atoms with E-state index in [-0.39, 0.29) is 23.4 Å². The van der Waals surface area contributed by atoms with Crippen LogP contribution in [0.1, 0.15) is 6.92 Å². The summed E-state index contributed by atoms with van der Waals surface area (Å²) in [6.45, 7) is 1.93. The summed E-state index contributed by atoms with van der Waals surface area (Å²) in [4.78, 5) is 24.2. The lowest BCUT2D eigenvalue weighted by Crippen LogP contribution is -2.54. The summed E-state index contributed by atoms with van der Waals surface area (Å²) in [6, 6.07) is 3.22. The van der Waals surface area contributed by atoms with E-state index in [1.54, 1.807) is 6.92 Å². The number of urea groups is 1. The molecule has 1 heterocycles. The van der Waals surface area contributed by atoms with Crippen molar-refractivity contribution in [1.29, 1.82) is 0 Å². The molecule has 4 nitrogen and oxygen atoms in total. The number of hydrogen-bond acceptors (Lipinski definition) is 2. The summed E-state index contributed by atoms with van der Waals surface area (Å²) in [6.07, 6.45) is 0. The SMILES string of the molecule is CC1CN(c2ccc(F)cc2Cl)C(=O)NC1=O. The van der Waals surface area contributed by atoms with E-state index in [0.29, 0.717) is 5.69 Å². The number of benzene rings is 1. The first-order valence-corrected chi connectivity index (χ1v) is 5.44. The Morgan fingerprint density at radius 3 is 2.82 bits per heavy atom. The number of imide groups is 1. The highest BCUT2D eigenvalue weighted by molar-refractivity contribution is 6.34. The van der Waals surface area contributed by atoms with Crippen LogP contribution < -0.4 is 10.2 Å². The number of nitrogens with zero attached hydrogens (tertiary/aromatic N) is 1. The third kappa shape index (κ3) is 2.24. The van der Waals surface area contributed by atoms with Crippen LogP contribution in [0, 0.1) is 11.7 Å². The Kier molecular flexibility index (Phi) is 3.02. The number of carbonyl (C=O) groups excluding carboxylic acids is 2. The highest BCUT2D eigenvalue weighted by Crippen LogP contribution is 2.28. The lowest BCUT2D eigenvalue weighted by Gasteiger charge is -2.30. The molecule has 0 saturated carbocycles. The van der Waals surface area contributed by atoms with Crippen molar-refractivity contribution in [2.75, 3.05) is 11.4 Å². The zero-order valence-corrected chi connectivity index (χ0v) is 9.79. The van der Waals surface area contributed by atoms with Crippen molar-refractivity contribution in [3.63, 3.8) is 0 Å². The molecule has 0 radical (unpaired) electrons. The van der Waals surface area contributed by atoms with Gasteiger partial charge in [0, 0.05) is 6.54 Å². The lowest BCUT2D eigenvalue weighted by molar-refractivity contribution is -0.123. The molecule has 1 atom stereocenters. The van der Waals surface area contributed by atoms with E-state index in [4.69, 9.17) is 11.6 Å². The second kappa shape index (κ2) is 4.33. The molecule has 1 fully saturated rings. The summed E-state index contributed by atoms with van der Waals surface area (Å²) in [5, 5.41) is 2.36. The van der Waals surface area contributed by atoms with Crippen LogP contribution in [0.25, 0.3) is 0 Å². The molecule has 2 rings (SSSR count). The molecule has 1 N–H and O–H groups in total. The molecule has 0 aliphatic carbocycles. The van der Waals surface area contributed by atoms with E-state index in [1.165, 1.54) is 17.0 Å². The molecule has 1 aliphatic heterocycles. The predicted octanol–water partition coefficient (Wildman–Crippen LogP) is 2.17. The smallest absolute Gasteiger partial charge is 0.292 e. The summed E-state index contributed by atoms with van der Waals surface area (Å²) in [5.74, 6) is -1.11. The standard InChI is InChI=1S/C11H10ClFN2O2/c1-6-5-15(11(17)14-10(6)16)9-3-2-7(13)4-8(9)12/h2-4,6H,5H2,1H3,(H,14,16,17). The first-order chi connectivity index (χ1) is 7.99. The van der Waals surface area contributed by atoms with Gasteiger partial charge in [-0.05, 0) is 18.2 Å². The maximum atomic E-state index is 12.9. The number of amides is 3. The minimum absolute atomic E-state index is 0.140. The van der Waals surface area contributed by atoms with Crippen molar-refractivity contribution in [3.05, 3.63) is 29.0 Å². The van der Waals surface area contributed by atoms with Crippen LogP contribution >= 0.6 is 11.6 Å². The number of carbonyl (C=O) groups is 2. The highest BCUT2D eigenvalue weighted by atomic mass is 35.5. The van der Waals surface area contributed by atoms with Gasteiger partial charge in [-0.2, -0.15) is 0 Å². The zero-order valence-electron chi connectivity index (χ0n) is 9.04. The normalized spacial score (nSPS) is 20.4. The average Bonchev–Trinajstić information content (AvgIpc) is 2.24. The number of nitrogens with one attached hydrogen (secondary N) is 1. The van der Waals surface area contributed by atoms with Gasteiger partial charge in [0.25, 0.3) is 0 Å². The van der Waals surface area contributed by atoms with Gasteiger partial charge in [0.15, 0.2) is 0 Å². The third-order valence-corrected chi connectivity index (χ3v) is 2.88. The van der Waals surface area contributed by atoms with Crippen LogP contribution in [0.3, 0.4) is 0 Å². The fourth-order valence-electron chi connectivity index (χ4n) is 1.64. The first-order valence-electron chi connectivity index (χ1n) is 5.06. The number of hydrogen-bond donors (Lipinski definition) is 1. The molecule has 90 valence electrons. The maximum Gasteiger partial charge on any atom is 0.328 e. The van der Waals surface area contributed by atoms with E-state index < -0.39 is 11.8 Å². The summed E-state index contributed by atoms with van der Waals surface area (Å²) in [7, 11) is 0. The van der Waals surface area contributed by atoms with Gasteiger partial charge in [0.2, 0.25) is 5.91 Å². The van der Waals surface area contributed by atoms with E-state index in [0.717, 1.165) is 6.07 Å². The second-order valence-corrected chi connectivity index (χ2v) is 4.31. The zero-order chi connectivity index (χ0) is 12.6. The Hall–Kier alpha value is -1.62. The maximum absolute atomic E-state index is 12.9. The van der Waals surface area contributed by atoms with Gasteiger partial charge < -0.3 is 0 Å². The molecule has 1 unspecified atom stereocenters. The summed E-state index contributed by atoms with van der Waals surface area (Å²) in [5.41, 5.74) is 0.393. The molecule has 0 bridgehead atoms. The van der Waals surface area contributed by atoms with Crippen molar-refractivity contribution in [1.82, 2.24) is 5.32 Å². The Bertz CT molecular complexity index is 492. The van der Waals surface area contributed by atoms with Crippen molar-refractivity contribution in [2.24, 2.45) is 5.92 Å². The molecule has 17 heavy (non-hydrogen) atoms. The van der Waals surface area contributed by atoms with Gasteiger partial charge in [-0.3, -0.25) is 15.0 Å². The molecule has 6 heteroatoms. The van der Waals surface area contributed by atoms with Gasteiger partial charge in [-0.1, -0.05) is 18.5 Å². The monoisotopic (exact) mass is 256 g/mol. The Morgan fingerprint density at radius 1 is 1.47 bits per heavy atom. The molecule has 0 spiro atoms. The van der Waals surface area contributed by atoms with Crippen LogP contribution in [0.15, 0.2) is 18.2 Å². The minimum atomic E-state index is -0.540. The van der Waals surface area contributed by atoms with E-state index in [2.05, 4.69) is 5.32 Å². The van der Waals surface area contributed by atoms with Crippen LogP contribution in [-0.4, -0.2) is 18.5 Å². The Morgan fingerprint density at radius 2 is 2.18 bits per heavy atom. The molecule has 1 aromatic carbocycles. The van der Waals surface area contributed by atoms with Gasteiger partial charge in [-0.25, -0.2) is 9.18 Å². The number of halogens is 2. The van der Waals surface area contributed by atoms with Crippen molar-refractivity contribution in [2.45, 2.75) is 6.92 Å². The highest BCUT2D eigenvalue weighted by Gasteiger charge is 2.30. The summed E-state index contributed by atoms with van der Waals surface area (Å²) < 4.78 is 12.9. The van der Waals surface area contributed by atoms with Crippen LogP contribution in [0.2, 0.25) is 5.02 Å². The van der Waals surface area contributed by atoms with Crippen molar-refractivity contribution < 1.29 is 14.0 Å². The second-order valence-electron chi connectivity index (χ2n) is 3.90. The fraction of sp³-hybridized carbons (Fsp3) is 0.273. The minimum Gasteiger partial charge on any atom is -0.292 e. The van der Waals surface area contributed by atoms with Crippen molar-refractivity contribution >= 4 is 29.2 Å². The van der Waals surface area contributed by atoms with E-state index >= 15 is 0 Å². The van der Waals surface area contributed by atoms with E-state index in [9.17, 15) is 14.0 Å². The molecule has 1 aliphatic rings. The molecule has 1 aromatic rings. The van der Waals surface area contributed by atoms with Crippen LogP contribution in [0.4, 0.5) is 14.9 Å². The quantitative estimate of drug-likeness (QED) is 0.837. The Balaban J connectivity index is 2.33. The molecular weight excluding hydrogens is 247 g/mol. The topological polar surface area (TPSA) is 49.4 Å². The first kappa shape index (κ1) is 11.9. The van der Waals surface area contributed by atoms with Crippen molar-refractivity contribution in [3.8, 4) is 0 Å². The average molecular weight is 257 g/mol. The lowest BCUT2D eigenvalue weighted by atomic mass is 10.1. The molecule has 1 saturated heterocycles. The van der Waals surface area contributed by atoms with E-state index in [1.807, 2.05) is 0 Å². The fourth-order valence-corrected chi connectivity index (χ4v) is 1.91. The van der Waals surface area contributed by atoms with Gasteiger partial charge in [-0.15, -0.1) is 0 Å². The van der Waals surface area contributed by atoms with Crippen LogP contribution in [-0.2, 0) is 4.79 Å². The molecule has 0 aromatic heterocycles. The van der Waals surface area contributed by atoms with Gasteiger partial charge in [0.05, 0.1) is 16.6 Å². The summed E-state index contributed by atoms with van der Waals surface area (Å²) >= 11 is 5.87. The van der Waals surface area contributed by atoms with Crippen LogP contribution in [0.5, 0.6) is 0 Å². The number of rotatable bonds is 1.